The van der Waals surface area contributed by atoms with Crippen molar-refractivity contribution in [3.63, 3.8) is 0 Å². The van der Waals surface area contributed by atoms with E-state index >= 15 is 0 Å². The molecule has 2 aromatic heterocycles. The highest BCUT2D eigenvalue weighted by Gasteiger charge is 2.30. The smallest absolute Gasteiger partial charge is 0.0624 e. The summed E-state index contributed by atoms with van der Waals surface area (Å²) in [5.74, 6) is 6.38. The van der Waals surface area contributed by atoms with Gasteiger partial charge in [0.25, 0.3) is 0 Å². The second kappa shape index (κ2) is 5.13. The first kappa shape index (κ1) is 12.4. The molecule has 2 aromatic rings. The Kier molecular flexibility index (Phi) is 3.52. The molecule has 2 heterocycles. The predicted molar refractivity (Wildman–Crippen MR) is 79.1 cm³/mol. The fourth-order valence-corrected chi connectivity index (χ4v) is 4.99. The molecule has 0 fully saturated rings. The van der Waals surface area contributed by atoms with Gasteiger partial charge in [-0.15, -0.1) is 22.7 Å². The summed E-state index contributed by atoms with van der Waals surface area (Å²) in [6, 6.07) is 4.73. The average molecular weight is 278 g/mol. The van der Waals surface area contributed by atoms with Crippen molar-refractivity contribution in [2.45, 2.75) is 38.1 Å². The van der Waals surface area contributed by atoms with Crippen molar-refractivity contribution in [2.75, 3.05) is 0 Å². The van der Waals surface area contributed by atoms with Gasteiger partial charge < -0.3 is 0 Å². The number of nitrogens with one attached hydrogen (secondary N) is 1. The molecule has 0 bridgehead atoms. The van der Waals surface area contributed by atoms with Gasteiger partial charge in [-0.2, -0.15) is 0 Å². The Labute approximate surface area is 116 Å². The van der Waals surface area contributed by atoms with Crippen LogP contribution >= 0.6 is 22.7 Å². The van der Waals surface area contributed by atoms with Crippen LogP contribution in [-0.2, 0) is 6.42 Å². The second-order valence-electron chi connectivity index (χ2n) is 4.91. The summed E-state index contributed by atoms with van der Waals surface area (Å²) in [4.78, 5) is 2.95. The van der Waals surface area contributed by atoms with Crippen molar-refractivity contribution in [2.24, 2.45) is 5.84 Å². The molecule has 0 radical (unpaired) electrons. The lowest BCUT2D eigenvalue weighted by molar-refractivity contribution is 0.414. The van der Waals surface area contributed by atoms with E-state index in [1.165, 1.54) is 35.3 Å². The number of hydrogen-bond acceptors (Lipinski definition) is 4. The van der Waals surface area contributed by atoms with Crippen molar-refractivity contribution in [1.82, 2.24) is 5.43 Å². The first-order valence-electron chi connectivity index (χ1n) is 6.37. The molecular weight excluding hydrogens is 260 g/mol. The van der Waals surface area contributed by atoms with Crippen LogP contribution in [0.4, 0.5) is 0 Å². The van der Waals surface area contributed by atoms with Gasteiger partial charge in [-0.1, -0.05) is 0 Å². The third-order valence-corrected chi connectivity index (χ3v) is 5.96. The zero-order valence-corrected chi connectivity index (χ0v) is 12.1. The molecule has 1 aliphatic carbocycles. The summed E-state index contributed by atoms with van der Waals surface area (Å²) in [6.07, 6.45) is 3.75. The maximum absolute atomic E-state index is 5.85. The van der Waals surface area contributed by atoms with Crippen molar-refractivity contribution in [3.8, 4) is 0 Å². The van der Waals surface area contributed by atoms with E-state index in [0.29, 0.717) is 5.92 Å². The normalized spacial score (nSPS) is 20.7. The lowest BCUT2D eigenvalue weighted by atomic mass is 9.81. The highest BCUT2D eigenvalue weighted by atomic mass is 32.1. The molecule has 4 heteroatoms. The quantitative estimate of drug-likeness (QED) is 0.663. The van der Waals surface area contributed by atoms with Crippen LogP contribution in [0.15, 0.2) is 22.9 Å². The van der Waals surface area contributed by atoms with E-state index in [-0.39, 0.29) is 6.04 Å². The van der Waals surface area contributed by atoms with E-state index in [1.54, 1.807) is 4.88 Å². The molecule has 2 atom stereocenters. The van der Waals surface area contributed by atoms with Gasteiger partial charge in [0.15, 0.2) is 0 Å². The standard InChI is InChI=1S/C14H18N2S2/c1-9-5-7-18-14(9)13(16-15)11-3-2-4-12-10(11)6-8-17-12/h5-8,11,13,16H,2-4,15H2,1H3. The number of aryl methyl sites for hydroxylation is 2. The van der Waals surface area contributed by atoms with Crippen LogP contribution < -0.4 is 11.3 Å². The SMILES string of the molecule is Cc1ccsc1C(NN)C1CCCc2sccc21. The number of fused-ring (bicyclic) bond motifs is 1. The first-order chi connectivity index (χ1) is 8.81. The number of nitrogens with two attached hydrogens (primary N) is 1. The third-order valence-electron chi connectivity index (χ3n) is 3.86. The van der Waals surface area contributed by atoms with Crippen LogP contribution in [0.1, 0.15) is 45.7 Å². The third kappa shape index (κ3) is 2.03. The van der Waals surface area contributed by atoms with E-state index in [9.17, 15) is 0 Å². The molecule has 0 saturated heterocycles. The van der Waals surface area contributed by atoms with Gasteiger partial charge in [0, 0.05) is 15.7 Å². The summed E-state index contributed by atoms with van der Waals surface area (Å²) < 4.78 is 0. The first-order valence-corrected chi connectivity index (χ1v) is 8.13. The minimum absolute atomic E-state index is 0.263. The van der Waals surface area contributed by atoms with Gasteiger partial charge in [-0.3, -0.25) is 11.3 Å². The summed E-state index contributed by atoms with van der Waals surface area (Å²) in [6.45, 7) is 2.17. The van der Waals surface area contributed by atoms with Crippen LogP contribution in [0.25, 0.3) is 0 Å². The number of hydrogen-bond donors (Lipinski definition) is 2. The van der Waals surface area contributed by atoms with E-state index in [4.69, 9.17) is 5.84 Å². The van der Waals surface area contributed by atoms with Gasteiger partial charge in [0.05, 0.1) is 6.04 Å². The Hall–Kier alpha value is -0.680. The molecule has 2 nitrogen and oxygen atoms in total. The van der Waals surface area contributed by atoms with E-state index in [2.05, 4.69) is 35.2 Å². The summed E-state index contributed by atoms with van der Waals surface area (Å²) in [5.41, 5.74) is 5.93. The maximum Gasteiger partial charge on any atom is 0.0624 e. The molecule has 0 spiro atoms. The minimum atomic E-state index is 0.263. The molecule has 2 unspecified atom stereocenters. The molecule has 0 aliphatic heterocycles. The molecule has 1 aliphatic rings. The molecule has 3 rings (SSSR count). The Balaban J connectivity index is 1.97. The number of thiophene rings is 2. The number of hydrazine groups is 1. The van der Waals surface area contributed by atoms with Gasteiger partial charge in [0.1, 0.15) is 0 Å². The Morgan fingerprint density at radius 3 is 2.89 bits per heavy atom. The van der Waals surface area contributed by atoms with Crippen LogP contribution in [0.3, 0.4) is 0 Å². The lowest BCUT2D eigenvalue weighted by Crippen LogP contribution is -2.33. The fourth-order valence-electron chi connectivity index (χ4n) is 2.95. The van der Waals surface area contributed by atoms with E-state index < -0.39 is 0 Å². The highest BCUT2D eigenvalue weighted by molar-refractivity contribution is 7.10. The summed E-state index contributed by atoms with van der Waals surface area (Å²) in [5, 5.41) is 4.38. The second-order valence-corrected chi connectivity index (χ2v) is 6.86. The zero-order valence-electron chi connectivity index (χ0n) is 10.5. The molecule has 0 saturated carbocycles. The van der Waals surface area contributed by atoms with Crippen LogP contribution in [-0.4, -0.2) is 0 Å². The largest absolute Gasteiger partial charge is 0.271 e. The zero-order chi connectivity index (χ0) is 12.5. The van der Waals surface area contributed by atoms with Gasteiger partial charge in [0.2, 0.25) is 0 Å². The van der Waals surface area contributed by atoms with Gasteiger partial charge in [-0.25, -0.2) is 0 Å². The molecule has 0 aromatic carbocycles. The van der Waals surface area contributed by atoms with Crippen LogP contribution in [0.5, 0.6) is 0 Å². The van der Waals surface area contributed by atoms with Crippen molar-refractivity contribution >= 4 is 22.7 Å². The lowest BCUT2D eigenvalue weighted by Gasteiger charge is -2.30. The predicted octanol–water partition coefficient (Wildman–Crippen LogP) is 3.74. The van der Waals surface area contributed by atoms with Crippen molar-refractivity contribution in [3.05, 3.63) is 43.8 Å². The Morgan fingerprint density at radius 1 is 1.33 bits per heavy atom. The molecule has 3 N–H and O–H groups in total. The molecule has 96 valence electrons. The van der Waals surface area contributed by atoms with E-state index in [1.807, 2.05) is 22.7 Å². The van der Waals surface area contributed by atoms with Gasteiger partial charge in [-0.05, 0) is 60.2 Å². The molecule has 18 heavy (non-hydrogen) atoms. The average Bonchev–Trinajstić information content (AvgIpc) is 3.00. The monoisotopic (exact) mass is 278 g/mol. The van der Waals surface area contributed by atoms with E-state index in [0.717, 1.165) is 0 Å². The highest BCUT2D eigenvalue weighted by Crippen LogP contribution is 2.43. The topological polar surface area (TPSA) is 38.0 Å². The Morgan fingerprint density at radius 2 is 2.17 bits per heavy atom. The minimum Gasteiger partial charge on any atom is -0.271 e. The van der Waals surface area contributed by atoms with Crippen LogP contribution in [0, 0.1) is 6.92 Å². The van der Waals surface area contributed by atoms with Crippen LogP contribution in [0.2, 0.25) is 0 Å². The van der Waals surface area contributed by atoms with Gasteiger partial charge >= 0.3 is 0 Å². The Bertz CT molecular complexity index is 529. The van der Waals surface area contributed by atoms with Crippen molar-refractivity contribution < 1.29 is 0 Å². The number of rotatable bonds is 3. The molecular formula is C14H18N2S2. The van der Waals surface area contributed by atoms with Crippen molar-refractivity contribution in [1.29, 1.82) is 0 Å². The summed E-state index contributed by atoms with van der Waals surface area (Å²) >= 11 is 3.71. The molecule has 0 amide bonds. The fraction of sp³-hybridized carbons (Fsp3) is 0.429. The maximum atomic E-state index is 5.85. The summed E-state index contributed by atoms with van der Waals surface area (Å²) in [7, 11) is 0.